The molecule has 2 amide bonds. The molecule has 1 aliphatic carbocycles. The molecule has 0 spiro atoms. The van der Waals surface area contributed by atoms with Crippen LogP contribution in [0.1, 0.15) is 35.7 Å². The van der Waals surface area contributed by atoms with Gasteiger partial charge in [0, 0.05) is 11.5 Å². The maximum Gasteiger partial charge on any atom is 0.315 e. The number of urea groups is 1. The van der Waals surface area contributed by atoms with Crippen LogP contribution < -0.4 is 10.6 Å². The van der Waals surface area contributed by atoms with E-state index in [0.29, 0.717) is 6.61 Å². The zero-order chi connectivity index (χ0) is 12.4. The SMILES string of the molecule is O=C(NC1CCOC1)NC1CCCc2sccc21. The first kappa shape index (κ1) is 12.0. The van der Waals surface area contributed by atoms with Crippen LogP contribution in [0.3, 0.4) is 0 Å². The molecule has 2 atom stereocenters. The second-order valence-corrected chi connectivity index (χ2v) is 5.92. The van der Waals surface area contributed by atoms with Crippen molar-refractivity contribution >= 4 is 17.4 Å². The van der Waals surface area contributed by atoms with E-state index in [1.54, 1.807) is 11.3 Å². The predicted molar refractivity (Wildman–Crippen MR) is 70.9 cm³/mol. The third-order valence-electron chi connectivity index (χ3n) is 3.62. The van der Waals surface area contributed by atoms with Crippen molar-refractivity contribution in [1.29, 1.82) is 0 Å². The van der Waals surface area contributed by atoms with Gasteiger partial charge in [-0.1, -0.05) is 0 Å². The fourth-order valence-corrected chi connectivity index (χ4v) is 3.66. The number of hydrogen-bond acceptors (Lipinski definition) is 3. The van der Waals surface area contributed by atoms with Crippen LogP contribution in [-0.2, 0) is 11.2 Å². The molecule has 5 heteroatoms. The van der Waals surface area contributed by atoms with E-state index in [9.17, 15) is 4.79 Å². The second kappa shape index (κ2) is 5.28. The Morgan fingerprint density at radius 3 is 3.17 bits per heavy atom. The molecule has 0 saturated carbocycles. The summed E-state index contributed by atoms with van der Waals surface area (Å²) in [6.45, 7) is 1.39. The molecule has 1 fully saturated rings. The highest BCUT2D eigenvalue weighted by molar-refractivity contribution is 7.10. The molecular formula is C13H18N2O2S. The number of thiophene rings is 1. The van der Waals surface area contributed by atoms with Crippen LogP contribution in [0.4, 0.5) is 4.79 Å². The maximum atomic E-state index is 11.9. The summed E-state index contributed by atoms with van der Waals surface area (Å²) in [5, 5.41) is 8.19. The van der Waals surface area contributed by atoms with E-state index in [-0.39, 0.29) is 18.1 Å². The lowest BCUT2D eigenvalue weighted by molar-refractivity contribution is 0.188. The summed E-state index contributed by atoms with van der Waals surface area (Å²) in [6.07, 6.45) is 4.27. The number of nitrogens with one attached hydrogen (secondary N) is 2. The van der Waals surface area contributed by atoms with Gasteiger partial charge in [-0.05, 0) is 42.7 Å². The molecule has 2 unspecified atom stereocenters. The Morgan fingerprint density at radius 2 is 2.33 bits per heavy atom. The number of carbonyl (C=O) groups is 1. The van der Waals surface area contributed by atoms with Gasteiger partial charge in [0.2, 0.25) is 0 Å². The van der Waals surface area contributed by atoms with Crippen molar-refractivity contribution in [2.75, 3.05) is 13.2 Å². The fraction of sp³-hybridized carbons (Fsp3) is 0.615. The molecule has 18 heavy (non-hydrogen) atoms. The van der Waals surface area contributed by atoms with Gasteiger partial charge in [0.15, 0.2) is 0 Å². The number of fused-ring (bicyclic) bond motifs is 1. The minimum Gasteiger partial charge on any atom is -0.379 e. The summed E-state index contributed by atoms with van der Waals surface area (Å²) in [4.78, 5) is 13.4. The monoisotopic (exact) mass is 266 g/mol. The van der Waals surface area contributed by atoms with Gasteiger partial charge in [0.25, 0.3) is 0 Å². The summed E-state index contributed by atoms with van der Waals surface area (Å²) >= 11 is 1.80. The Hall–Kier alpha value is -1.07. The molecular weight excluding hydrogens is 248 g/mol. The number of ether oxygens (including phenoxy) is 1. The maximum absolute atomic E-state index is 11.9. The van der Waals surface area contributed by atoms with Crippen LogP contribution in [0.5, 0.6) is 0 Å². The zero-order valence-corrected chi connectivity index (χ0v) is 11.1. The minimum atomic E-state index is -0.0606. The smallest absolute Gasteiger partial charge is 0.315 e. The van der Waals surface area contributed by atoms with E-state index < -0.39 is 0 Å². The Balaban J connectivity index is 1.58. The number of rotatable bonds is 2. The fourth-order valence-electron chi connectivity index (χ4n) is 2.67. The molecule has 1 aromatic heterocycles. The van der Waals surface area contributed by atoms with Gasteiger partial charge in [-0.2, -0.15) is 0 Å². The average molecular weight is 266 g/mol. The third-order valence-corrected chi connectivity index (χ3v) is 4.62. The molecule has 2 aliphatic rings. The van der Waals surface area contributed by atoms with E-state index >= 15 is 0 Å². The van der Waals surface area contributed by atoms with Gasteiger partial charge < -0.3 is 15.4 Å². The average Bonchev–Trinajstić information content (AvgIpc) is 2.99. The molecule has 2 N–H and O–H groups in total. The summed E-state index contributed by atoms with van der Waals surface area (Å²) in [5.74, 6) is 0. The molecule has 1 aliphatic heterocycles. The lowest BCUT2D eigenvalue weighted by atomic mass is 9.94. The molecule has 1 saturated heterocycles. The largest absolute Gasteiger partial charge is 0.379 e. The highest BCUT2D eigenvalue weighted by Crippen LogP contribution is 2.33. The summed E-state index contributed by atoms with van der Waals surface area (Å²) in [7, 11) is 0. The van der Waals surface area contributed by atoms with E-state index in [0.717, 1.165) is 32.3 Å². The molecule has 0 radical (unpaired) electrons. The Bertz CT molecular complexity index is 426. The van der Waals surface area contributed by atoms with Crippen molar-refractivity contribution < 1.29 is 9.53 Å². The number of aryl methyl sites for hydroxylation is 1. The van der Waals surface area contributed by atoms with Gasteiger partial charge >= 0.3 is 6.03 Å². The van der Waals surface area contributed by atoms with Gasteiger partial charge in [-0.15, -0.1) is 11.3 Å². The van der Waals surface area contributed by atoms with E-state index in [1.807, 2.05) is 0 Å². The van der Waals surface area contributed by atoms with Crippen molar-refractivity contribution in [2.45, 2.75) is 37.8 Å². The molecule has 2 heterocycles. The van der Waals surface area contributed by atoms with Gasteiger partial charge in [-0.25, -0.2) is 4.79 Å². The zero-order valence-electron chi connectivity index (χ0n) is 10.3. The third kappa shape index (κ3) is 2.52. The number of amides is 2. The lowest BCUT2D eigenvalue weighted by Crippen LogP contribution is -2.44. The van der Waals surface area contributed by atoms with Crippen molar-refractivity contribution in [1.82, 2.24) is 10.6 Å². The first-order valence-corrected chi connectivity index (χ1v) is 7.42. The van der Waals surface area contributed by atoms with Crippen molar-refractivity contribution in [3.8, 4) is 0 Å². The first-order chi connectivity index (χ1) is 8.83. The highest BCUT2D eigenvalue weighted by Gasteiger charge is 2.24. The van der Waals surface area contributed by atoms with Gasteiger partial charge in [0.1, 0.15) is 0 Å². The number of carbonyl (C=O) groups excluding carboxylic acids is 1. The lowest BCUT2D eigenvalue weighted by Gasteiger charge is -2.24. The topological polar surface area (TPSA) is 50.4 Å². The van der Waals surface area contributed by atoms with Crippen LogP contribution in [-0.4, -0.2) is 25.3 Å². The summed E-state index contributed by atoms with van der Waals surface area (Å²) < 4.78 is 5.25. The minimum absolute atomic E-state index is 0.0606. The van der Waals surface area contributed by atoms with Crippen LogP contribution in [0.2, 0.25) is 0 Å². The van der Waals surface area contributed by atoms with Crippen LogP contribution in [0.15, 0.2) is 11.4 Å². The van der Waals surface area contributed by atoms with E-state index in [2.05, 4.69) is 22.1 Å². The van der Waals surface area contributed by atoms with Crippen LogP contribution >= 0.6 is 11.3 Å². The Labute approximate surface area is 111 Å². The van der Waals surface area contributed by atoms with Gasteiger partial charge in [-0.3, -0.25) is 0 Å². The van der Waals surface area contributed by atoms with Crippen LogP contribution in [0.25, 0.3) is 0 Å². The van der Waals surface area contributed by atoms with E-state index in [1.165, 1.54) is 10.4 Å². The predicted octanol–water partition coefficient (Wildman–Crippen LogP) is 2.21. The van der Waals surface area contributed by atoms with Crippen LogP contribution in [0, 0.1) is 0 Å². The van der Waals surface area contributed by atoms with Crippen molar-refractivity contribution in [2.24, 2.45) is 0 Å². The molecule has 4 nitrogen and oxygen atoms in total. The highest BCUT2D eigenvalue weighted by atomic mass is 32.1. The van der Waals surface area contributed by atoms with Gasteiger partial charge in [0.05, 0.1) is 18.7 Å². The quantitative estimate of drug-likeness (QED) is 0.862. The van der Waals surface area contributed by atoms with Crippen molar-refractivity contribution in [3.63, 3.8) is 0 Å². The standard InChI is InChI=1S/C13H18N2O2S/c16-13(14-9-4-6-17-8-9)15-11-2-1-3-12-10(11)5-7-18-12/h5,7,9,11H,1-4,6,8H2,(H2,14,15,16). The molecule has 1 aromatic rings. The molecule has 98 valence electrons. The summed E-state index contributed by atoms with van der Waals surface area (Å²) in [6, 6.07) is 2.44. The normalized spacial score (nSPS) is 26.7. The Kier molecular flexibility index (Phi) is 3.52. The first-order valence-electron chi connectivity index (χ1n) is 6.54. The molecule has 3 rings (SSSR count). The number of hydrogen-bond donors (Lipinski definition) is 2. The van der Waals surface area contributed by atoms with Crippen molar-refractivity contribution in [3.05, 3.63) is 21.9 Å². The second-order valence-electron chi connectivity index (χ2n) is 4.92. The molecule has 0 bridgehead atoms. The Morgan fingerprint density at radius 1 is 1.39 bits per heavy atom. The summed E-state index contributed by atoms with van der Waals surface area (Å²) in [5.41, 5.74) is 1.31. The molecule has 0 aromatic carbocycles. The van der Waals surface area contributed by atoms with E-state index in [4.69, 9.17) is 4.74 Å².